The first-order valence-electron chi connectivity index (χ1n) is 15.2. The Hall–Kier alpha value is -3.35. The second-order valence-corrected chi connectivity index (χ2v) is 10.3. The molecule has 3 aromatic rings. The maximum atomic E-state index is 13.5. The Morgan fingerprint density at radius 1 is 0.786 bits per heavy atom. The summed E-state index contributed by atoms with van der Waals surface area (Å²) < 4.78 is 31.3. The third-order valence-electron chi connectivity index (χ3n) is 6.92. The van der Waals surface area contributed by atoms with Crippen LogP contribution in [-0.4, -0.2) is 55.1 Å². The Balaban J connectivity index is 0.000000434. The van der Waals surface area contributed by atoms with Crippen molar-refractivity contribution >= 4 is 12.0 Å². The maximum Gasteiger partial charge on any atom is 0.302 e. The summed E-state index contributed by atoms with van der Waals surface area (Å²) in [6.45, 7) is 12.7. The van der Waals surface area contributed by atoms with Crippen LogP contribution >= 0.6 is 0 Å². The number of hydrogen-bond donors (Lipinski definition) is 0. The lowest BCUT2D eigenvalue weighted by Crippen LogP contribution is -2.47. The molecule has 228 valence electrons. The Morgan fingerprint density at radius 3 is 1.69 bits per heavy atom. The monoisotopic (exact) mass is 578 g/mol. The number of ether oxygens (including phenoxy) is 1. The van der Waals surface area contributed by atoms with E-state index < -0.39 is 0 Å². The molecule has 4 rings (SSSR count). The fourth-order valence-electron chi connectivity index (χ4n) is 4.71. The van der Waals surface area contributed by atoms with Gasteiger partial charge in [-0.05, 0) is 47.9 Å². The van der Waals surface area contributed by atoms with Crippen LogP contribution in [0, 0.1) is 11.6 Å². The van der Waals surface area contributed by atoms with Crippen LogP contribution in [0.4, 0.5) is 8.78 Å². The molecular formula is C36H48F2N2O2. The number of nitrogens with zero attached hydrogens (tertiary/aromatic N) is 2. The van der Waals surface area contributed by atoms with Gasteiger partial charge in [0.25, 0.3) is 0 Å². The Kier molecular flexibility index (Phi) is 17.0. The van der Waals surface area contributed by atoms with Crippen molar-refractivity contribution in [1.29, 1.82) is 0 Å². The van der Waals surface area contributed by atoms with E-state index in [-0.39, 0.29) is 23.6 Å². The molecule has 0 N–H and O–H groups in total. The predicted molar refractivity (Wildman–Crippen MR) is 170 cm³/mol. The molecule has 0 amide bonds. The van der Waals surface area contributed by atoms with E-state index >= 15 is 0 Å². The second kappa shape index (κ2) is 20.5. The summed E-state index contributed by atoms with van der Waals surface area (Å²) in [7, 11) is 0. The van der Waals surface area contributed by atoms with E-state index in [1.54, 1.807) is 6.92 Å². The van der Waals surface area contributed by atoms with Gasteiger partial charge in [-0.15, -0.1) is 0 Å². The van der Waals surface area contributed by atoms with E-state index in [0.717, 1.165) is 43.9 Å². The van der Waals surface area contributed by atoms with E-state index in [2.05, 4.69) is 52.7 Å². The van der Waals surface area contributed by atoms with Gasteiger partial charge in [-0.2, -0.15) is 0 Å². The highest BCUT2D eigenvalue weighted by atomic mass is 19.1. The summed E-state index contributed by atoms with van der Waals surface area (Å²) in [6, 6.07) is 23.6. The summed E-state index contributed by atoms with van der Waals surface area (Å²) in [5, 5.41) is 0. The van der Waals surface area contributed by atoms with Crippen molar-refractivity contribution in [2.75, 3.05) is 39.3 Å². The molecular weight excluding hydrogens is 530 g/mol. The van der Waals surface area contributed by atoms with Crippen LogP contribution in [0.15, 0.2) is 84.9 Å². The topological polar surface area (TPSA) is 32.8 Å². The molecule has 1 fully saturated rings. The minimum atomic E-state index is -0.244. The summed E-state index contributed by atoms with van der Waals surface area (Å²) in [5.74, 6) is -0.698. The fraction of sp³-hybridized carbons (Fsp3) is 0.417. The number of rotatable bonds is 10. The van der Waals surface area contributed by atoms with Crippen LogP contribution < -0.4 is 0 Å². The van der Waals surface area contributed by atoms with Crippen LogP contribution in [-0.2, 0) is 9.53 Å². The molecule has 0 saturated carbocycles. The predicted octanol–water partition coefficient (Wildman–Crippen LogP) is 8.54. The van der Waals surface area contributed by atoms with Gasteiger partial charge in [0.15, 0.2) is 0 Å². The third kappa shape index (κ3) is 13.5. The smallest absolute Gasteiger partial charge is 0.302 e. The van der Waals surface area contributed by atoms with E-state index in [1.165, 1.54) is 62.4 Å². The average Bonchev–Trinajstić information content (AvgIpc) is 3.00. The van der Waals surface area contributed by atoms with Gasteiger partial charge in [-0.3, -0.25) is 14.6 Å². The summed E-state index contributed by atoms with van der Waals surface area (Å²) in [4.78, 5) is 14.7. The van der Waals surface area contributed by atoms with Gasteiger partial charge in [0, 0.05) is 39.6 Å². The molecule has 1 aliphatic heterocycles. The van der Waals surface area contributed by atoms with Crippen LogP contribution in [0.3, 0.4) is 0 Å². The van der Waals surface area contributed by atoms with Gasteiger partial charge in [0.1, 0.15) is 11.6 Å². The molecule has 1 heterocycles. The first-order valence-corrected chi connectivity index (χ1v) is 15.2. The van der Waals surface area contributed by atoms with Crippen molar-refractivity contribution in [2.45, 2.75) is 59.4 Å². The lowest BCUT2D eigenvalue weighted by molar-refractivity contribution is -0.140. The number of benzene rings is 3. The summed E-state index contributed by atoms with van der Waals surface area (Å²) >= 11 is 0. The Bertz CT molecular complexity index is 1090. The maximum absolute atomic E-state index is 13.5. The van der Waals surface area contributed by atoms with Crippen molar-refractivity contribution < 1.29 is 18.3 Å². The van der Waals surface area contributed by atoms with Crippen molar-refractivity contribution in [2.24, 2.45) is 0 Å². The number of esters is 1. The molecule has 3 aromatic carbocycles. The molecule has 1 aliphatic rings. The number of unbranched alkanes of at least 4 members (excludes halogenated alkanes) is 3. The lowest BCUT2D eigenvalue weighted by Gasteiger charge is -2.39. The Morgan fingerprint density at radius 2 is 1.29 bits per heavy atom. The zero-order valence-electron chi connectivity index (χ0n) is 25.8. The SMILES string of the molecule is CCCCCC.CCOC(C)=O.Fc1ccc(C(c2ccc(F)cc2)N2CCN(C/C=C/c3ccccc3)CC2)cc1. The highest BCUT2D eigenvalue weighted by Crippen LogP contribution is 2.30. The van der Waals surface area contributed by atoms with Gasteiger partial charge < -0.3 is 4.74 Å². The number of piperazine rings is 1. The van der Waals surface area contributed by atoms with Gasteiger partial charge in [-0.25, -0.2) is 8.78 Å². The van der Waals surface area contributed by atoms with Crippen LogP contribution in [0.25, 0.3) is 6.08 Å². The molecule has 6 heteroatoms. The van der Waals surface area contributed by atoms with Gasteiger partial charge in [0.05, 0.1) is 12.6 Å². The second-order valence-electron chi connectivity index (χ2n) is 10.3. The van der Waals surface area contributed by atoms with Crippen LogP contribution in [0.2, 0.25) is 0 Å². The van der Waals surface area contributed by atoms with Gasteiger partial charge >= 0.3 is 5.97 Å². The molecule has 0 unspecified atom stereocenters. The summed E-state index contributed by atoms with van der Waals surface area (Å²) in [5.41, 5.74) is 3.27. The van der Waals surface area contributed by atoms with E-state index in [9.17, 15) is 13.6 Å². The zero-order valence-corrected chi connectivity index (χ0v) is 25.8. The third-order valence-corrected chi connectivity index (χ3v) is 6.92. The molecule has 4 nitrogen and oxygen atoms in total. The van der Waals surface area contributed by atoms with Crippen LogP contribution in [0.5, 0.6) is 0 Å². The molecule has 0 aliphatic carbocycles. The number of halogens is 2. The van der Waals surface area contributed by atoms with E-state index in [1.807, 2.05) is 42.5 Å². The van der Waals surface area contributed by atoms with Gasteiger partial charge in [0.2, 0.25) is 0 Å². The molecule has 0 radical (unpaired) electrons. The van der Waals surface area contributed by atoms with Crippen molar-refractivity contribution in [3.8, 4) is 0 Å². The standard InChI is InChI=1S/C26H26F2N2.C6H14.C4H8O2/c27-24-12-8-22(9-13-24)26(23-10-14-25(28)15-11-23)30-19-17-29(18-20-30)16-4-7-21-5-2-1-3-6-21;1-3-5-6-4-2;1-3-6-4(2)5/h1-15,26H,16-20H2;3-6H2,1-2H3;3H2,1-2H3/b7-4+;;. The molecule has 0 aromatic heterocycles. The minimum Gasteiger partial charge on any atom is -0.466 e. The van der Waals surface area contributed by atoms with Gasteiger partial charge in [-0.1, -0.05) is 106 Å². The number of carbonyl (C=O) groups excluding carboxylic acids is 1. The lowest BCUT2D eigenvalue weighted by atomic mass is 9.96. The van der Waals surface area contributed by atoms with Crippen molar-refractivity contribution in [3.05, 3.63) is 113 Å². The molecule has 0 bridgehead atoms. The van der Waals surface area contributed by atoms with E-state index in [0.29, 0.717) is 6.61 Å². The van der Waals surface area contributed by atoms with Crippen LogP contribution in [0.1, 0.15) is 76.1 Å². The molecule has 0 atom stereocenters. The first-order chi connectivity index (χ1) is 20.4. The van der Waals surface area contributed by atoms with Crippen molar-refractivity contribution in [3.63, 3.8) is 0 Å². The first kappa shape index (κ1) is 34.8. The fourth-order valence-corrected chi connectivity index (χ4v) is 4.71. The number of carbonyl (C=O) groups is 1. The highest BCUT2D eigenvalue weighted by Gasteiger charge is 2.26. The normalized spacial score (nSPS) is 13.7. The zero-order chi connectivity index (χ0) is 30.6. The van der Waals surface area contributed by atoms with E-state index in [4.69, 9.17) is 0 Å². The average molecular weight is 579 g/mol. The largest absolute Gasteiger partial charge is 0.466 e. The quantitative estimate of drug-likeness (QED) is 0.178. The summed E-state index contributed by atoms with van der Waals surface area (Å²) in [6.07, 6.45) is 9.91. The number of hydrogen-bond acceptors (Lipinski definition) is 4. The minimum absolute atomic E-state index is 0.00629. The van der Waals surface area contributed by atoms with Crippen molar-refractivity contribution in [1.82, 2.24) is 9.80 Å². The molecule has 0 spiro atoms. The molecule has 42 heavy (non-hydrogen) atoms. The Labute approximate surface area is 252 Å². The highest BCUT2D eigenvalue weighted by molar-refractivity contribution is 5.65. The molecule has 1 saturated heterocycles.